The van der Waals surface area contributed by atoms with E-state index in [1.807, 2.05) is 54.8 Å². The van der Waals surface area contributed by atoms with Crippen molar-refractivity contribution in [3.05, 3.63) is 95.3 Å². The number of allylic oxidation sites excluding steroid dienone is 1. The van der Waals surface area contributed by atoms with Gasteiger partial charge in [0.1, 0.15) is 23.5 Å². The van der Waals surface area contributed by atoms with Gasteiger partial charge in [0.05, 0.1) is 23.2 Å². The van der Waals surface area contributed by atoms with Gasteiger partial charge in [0, 0.05) is 87.4 Å². The maximum atomic E-state index is 15.2. The maximum Gasteiger partial charge on any atom is 0.260 e. The van der Waals surface area contributed by atoms with Crippen LogP contribution in [0.4, 0.5) is 25.8 Å². The molecule has 18 heteroatoms. The minimum absolute atomic E-state index is 0.00292. The van der Waals surface area contributed by atoms with Crippen LogP contribution in [0.5, 0.6) is 5.75 Å². The summed E-state index contributed by atoms with van der Waals surface area (Å²) < 4.78 is 38.3. The molecule has 2 saturated heterocycles. The largest absolute Gasteiger partial charge is 0.483 e. The fourth-order valence-corrected chi connectivity index (χ4v) is 8.76. The summed E-state index contributed by atoms with van der Waals surface area (Å²) in [5.74, 6) is -1.69. The van der Waals surface area contributed by atoms with Crippen LogP contribution >= 0.6 is 11.9 Å². The number of ether oxygens (including phenoxy) is 1. The van der Waals surface area contributed by atoms with E-state index in [2.05, 4.69) is 43.5 Å². The number of carbonyl (C=O) groups excluding carboxylic acids is 5. The Morgan fingerprint density at radius 2 is 1.69 bits per heavy atom. The van der Waals surface area contributed by atoms with E-state index in [-0.39, 0.29) is 69.5 Å². The third-order valence-electron chi connectivity index (χ3n) is 11.7. The van der Waals surface area contributed by atoms with Gasteiger partial charge in [-0.2, -0.15) is 0 Å². The van der Waals surface area contributed by atoms with Crippen molar-refractivity contribution in [1.29, 1.82) is 0 Å². The van der Waals surface area contributed by atoms with Crippen LogP contribution in [0.2, 0.25) is 0 Å². The van der Waals surface area contributed by atoms with Crippen LogP contribution in [0.25, 0.3) is 5.70 Å². The van der Waals surface area contributed by atoms with E-state index < -0.39 is 17.6 Å². The fraction of sp³-hybridized carbons (Fsp3) is 0.408. The SMILES string of the molecule is C=Nc1c(F)cc(/C(N)=C(F)/C=N\C(=C)Nc2ccc(SN3CCC4(CC3)CCN(C(=O)COc3cccc(C=O)c3C(=O)NC)CC4)cc2)cc1N(CC)C(C)C.CNC(=O)CCCC=O. The second-order valence-electron chi connectivity index (χ2n) is 16.3. The molecule has 67 heavy (non-hydrogen) atoms. The first-order valence-corrected chi connectivity index (χ1v) is 23.0. The summed E-state index contributed by atoms with van der Waals surface area (Å²) >= 11 is 1.69. The molecule has 3 amide bonds. The number of benzene rings is 3. The highest BCUT2D eigenvalue weighted by molar-refractivity contribution is 7.97. The van der Waals surface area contributed by atoms with E-state index in [1.165, 1.54) is 13.1 Å². The smallest absolute Gasteiger partial charge is 0.260 e. The molecule has 0 aromatic heterocycles. The van der Waals surface area contributed by atoms with Crippen LogP contribution in [-0.4, -0.2) is 112 Å². The number of unbranched alkanes of at least 4 members (excludes halogenated alkanes) is 1. The monoisotopic (exact) mass is 943 g/mol. The van der Waals surface area contributed by atoms with Gasteiger partial charge in [-0.25, -0.2) is 18.1 Å². The van der Waals surface area contributed by atoms with Gasteiger partial charge >= 0.3 is 0 Å². The first-order chi connectivity index (χ1) is 32.1. The molecule has 15 nitrogen and oxygen atoms in total. The molecule has 3 aromatic carbocycles. The zero-order valence-corrected chi connectivity index (χ0v) is 39.9. The Morgan fingerprint density at radius 1 is 1.01 bits per heavy atom. The number of amides is 3. The third-order valence-corrected chi connectivity index (χ3v) is 12.8. The molecule has 2 heterocycles. The number of piperidine rings is 2. The zero-order chi connectivity index (χ0) is 49.1. The number of aliphatic imine (C=N–C) groups is 2. The maximum absolute atomic E-state index is 15.2. The standard InChI is InChI=1S/C43H52F2N8O4S.C6H11NO2/c1-7-53(28(2)3)36-24-31(23-34(44)41(36)47-5)40(46)35(45)25-49-29(4)50-32-11-13-33(14-12-32)58-52-21-17-43(18-22-52)15-19-51(20-16-43)38(55)27-57-37-10-8-9-30(26-54)39(37)42(56)48-6;1-7-6(9)4-2-3-5-8/h8-14,23-26,28,50H,4-5,7,15-22,27,46H2,1-3,6H3,(H,48,56);5H,2-4H2,1H3,(H,7,9)/b40-35+,49-25-;. The van der Waals surface area contributed by atoms with E-state index in [0.29, 0.717) is 50.9 Å². The van der Waals surface area contributed by atoms with Crippen LogP contribution in [-0.2, 0) is 14.4 Å². The number of nitrogens with zero attached hydrogens (tertiary/aromatic N) is 5. The van der Waals surface area contributed by atoms with Crippen molar-refractivity contribution in [2.24, 2.45) is 21.1 Å². The van der Waals surface area contributed by atoms with Crippen molar-refractivity contribution in [2.45, 2.75) is 76.7 Å². The second kappa shape index (κ2) is 26.1. The van der Waals surface area contributed by atoms with Crippen molar-refractivity contribution in [2.75, 3.05) is 63.6 Å². The van der Waals surface area contributed by atoms with Crippen molar-refractivity contribution in [3.8, 4) is 5.75 Å². The number of carbonyl (C=O) groups is 5. The normalized spacial score (nSPS) is 14.9. The minimum Gasteiger partial charge on any atom is -0.483 e. The molecule has 0 unspecified atom stereocenters. The molecule has 360 valence electrons. The summed E-state index contributed by atoms with van der Waals surface area (Å²) in [4.78, 5) is 69.9. The lowest BCUT2D eigenvalue weighted by atomic mass is 9.71. The van der Waals surface area contributed by atoms with Crippen LogP contribution in [0.15, 0.2) is 87.7 Å². The highest BCUT2D eigenvalue weighted by atomic mass is 32.2. The van der Waals surface area contributed by atoms with Crippen LogP contribution in [0.3, 0.4) is 0 Å². The molecule has 1 spiro atoms. The average molecular weight is 944 g/mol. The quantitative estimate of drug-likeness (QED) is 0.0376. The summed E-state index contributed by atoms with van der Waals surface area (Å²) in [7, 11) is 3.06. The first-order valence-electron chi connectivity index (χ1n) is 22.2. The molecule has 5 N–H and O–H groups in total. The average Bonchev–Trinajstić information content (AvgIpc) is 3.33. The lowest BCUT2D eigenvalue weighted by Gasteiger charge is -2.46. The summed E-state index contributed by atoms with van der Waals surface area (Å²) in [5.41, 5.74) is 7.80. The molecular formula is C49H63F2N9O6S. The lowest BCUT2D eigenvalue weighted by molar-refractivity contribution is -0.136. The lowest BCUT2D eigenvalue weighted by Crippen LogP contribution is -2.48. The van der Waals surface area contributed by atoms with E-state index in [4.69, 9.17) is 10.5 Å². The third kappa shape index (κ3) is 15.1. The predicted molar refractivity (Wildman–Crippen MR) is 263 cm³/mol. The van der Waals surface area contributed by atoms with Gasteiger partial charge in [-0.1, -0.05) is 18.7 Å². The number of hydrogen-bond acceptors (Lipinski definition) is 13. The van der Waals surface area contributed by atoms with Gasteiger partial charge < -0.3 is 41.0 Å². The number of hydrogen-bond donors (Lipinski definition) is 4. The number of anilines is 2. The molecule has 0 bridgehead atoms. The van der Waals surface area contributed by atoms with Gasteiger partial charge in [-0.05, 0) is 119 Å². The Labute approximate surface area is 396 Å². The summed E-state index contributed by atoms with van der Waals surface area (Å²) in [6.45, 7) is 16.7. The van der Waals surface area contributed by atoms with Crippen molar-refractivity contribution < 1.29 is 37.5 Å². The van der Waals surface area contributed by atoms with Crippen molar-refractivity contribution in [3.63, 3.8) is 0 Å². The molecule has 2 fully saturated rings. The van der Waals surface area contributed by atoms with Gasteiger partial charge in [0.25, 0.3) is 11.8 Å². The van der Waals surface area contributed by atoms with Crippen LogP contribution in [0, 0.1) is 11.2 Å². The molecule has 0 radical (unpaired) electrons. The van der Waals surface area contributed by atoms with Crippen molar-refractivity contribution >= 4 is 77.9 Å². The van der Waals surface area contributed by atoms with Gasteiger partial charge in [0.2, 0.25) is 5.91 Å². The number of likely N-dealkylation sites (tertiary alicyclic amines) is 1. The summed E-state index contributed by atoms with van der Waals surface area (Å²) in [6.07, 6.45) is 7.85. The second-order valence-corrected chi connectivity index (χ2v) is 17.5. The number of rotatable bonds is 20. The van der Waals surface area contributed by atoms with Gasteiger partial charge in [-0.15, -0.1) is 0 Å². The molecule has 0 aliphatic carbocycles. The summed E-state index contributed by atoms with van der Waals surface area (Å²) in [6, 6.07) is 15.3. The summed E-state index contributed by atoms with van der Waals surface area (Å²) in [5, 5.41) is 8.04. The molecule has 2 aliphatic heterocycles. The fourth-order valence-electron chi connectivity index (χ4n) is 7.84. The highest BCUT2D eigenvalue weighted by Crippen LogP contribution is 2.43. The number of halogens is 2. The molecule has 0 saturated carbocycles. The van der Waals surface area contributed by atoms with E-state index in [0.717, 1.165) is 67.9 Å². The Hall–Kier alpha value is -6.40. The van der Waals surface area contributed by atoms with E-state index >= 15 is 4.39 Å². The highest BCUT2D eigenvalue weighted by Gasteiger charge is 2.39. The molecular weight excluding hydrogens is 881 g/mol. The number of nitrogens with two attached hydrogens (primary N) is 1. The Balaban J connectivity index is 0.000000984. The van der Waals surface area contributed by atoms with E-state index in [9.17, 15) is 28.4 Å². The van der Waals surface area contributed by atoms with Gasteiger partial charge in [0.15, 0.2) is 24.5 Å². The molecule has 2 aliphatic rings. The Bertz CT molecular complexity index is 2290. The predicted octanol–water partition coefficient (Wildman–Crippen LogP) is 7.71. The molecule has 3 aromatic rings. The number of nitrogens with one attached hydrogen (secondary N) is 3. The van der Waals surface area contributed by atoms with Crippen molar-refractivity contribution in [1.82, 2.24) is 19.8 Å². The Kier molecular flexibility index (Phi) is 20.7. The van der Waals surface area contributed by atoms with Crippen LogP contribution < -0.4 is 31.3 Å². The number of aldehydes is 2. The Morgan fingerprint density at radius 3 is 2.27 bits per heavy atom. The minimum atomic E-state index is -0.836. The molecule has 0 atom stereocenters. The first kappa shape index (κ1) is 53.2. The van der Waals surface area contributed by atoms with Crippen LogP contribution in [0.1, 0.15) is 92.0 Å². The topological polar surface area (TPSA) is 191 Å². The van der Waals surface area contributed by atoms with Gasteiger partial charge in [-0.3, -0.25) is 24.2 Å². The zero-order valence-electron chi connectivity index (χ0n) is 39.0. The molecule has 5 rings (SSSR count). The van der Waals surface area contributed by atoms with E-state index in [1.54, 1.807) is 37.2 Å².